The molecule has 0 radical (unpaired) electrons. The lowest BCUT2D eigenvalue weighted by atomic mass is 9.67. The second kappa shape index (κ2) is 28.8. The average molecular weight is 1480 g/mol. The second-order valence-electron chi connectivity index (χ2n) is 27.9. The van der Waals surface area contributed by atoms with Gasteiger partial charge >= 0.3 is 0 Å². The highest BCUT2D eigenvalue weighted by molar-refractivity contribution is 9.10. The monoisotopic (exact) mass is 1480 g/mol. The van der Waals surface area contributed by atoms with Crippen LogP contribution in [0.1, 0.15) is 65.8 Å². The first kappa shape index (κ1) is 68.5. The van der Waals surface area contributed by atoms with Crippen LogP contribution in [0.15, 0.2) is 414 Å². The van der Waals surface area contributed by atoms with E-state index < -0.39 is 5.41 Å². The highest BCUT2D eigenvalue weighted by Gasteiger charge is 2.47. The van der Waals surface area contributed by atoms with Gasteiger partial charge in [-0.25, -0.2) is 0 Å². The number of rotatable bonds is 11. The molecule has 22 rings (SSSR count). The van der Waals surface area contributed by atoms with E-state index in [0.29, 0.717) is 0 Å². The van der Waals surface area contributed by atoms with E-state index in [9.17, 15) is 0 Å². The maximum atomic E-state index is 6.44. The van der Waals surface area contributed by atoms with Gasteiger partial charge in [-0.3, -0.25) is 0 Å². The van der Waals surface area contributed by atoms with Crippen molar-refractivity contribution in [2.24, 2.45) is 0 Å². The van der Waals surface area contributed by atoms with Crippen LogP contribution < -0.4 is 10.2 Å². The van der Waals surface area contributed by atoms with Crippen molar-refractivity contribution >= 4 is 131 Å². The van der Waals surface area contributed by atoms with Crippen LogP contribution in [0.3, 0.4) is 0 Å². The van der Waals surface area contributed by atoms with Gasteiger partial charge in [0.1, 0.15) is 22.3 Å². The summed E-state index contributed by atoms with van der Waals surface area (Å²) in [4.78, 5) is 2.37. The summed E-state index contributed by atoms with van der Waals surface area (Å²) in [7, 11) is 0. The predicted molar refractivity (Wildman–Crippen MR) is 469 cm³/mol. The molecule has 18 aromatic carbocycles. The molecule has 0 atom stereocenters. The fourth-order valence-corrected chi connectivity index (χ4v) is 17.9. The molecular formula is C105H77BrN2O2. The Morgan fingerprint density at radius 1 is 0.255 bits per heavy atom. The van der Waals surface area contributed by atoms with Gasteiger partial charge < -0.3 is 19.1 Å². The van der Waals surface area contributed by atoms with Gasteiger partial charge in [0.05, 0.1) is 10.8 Å². The van der Waals surface area contributed by atoms with Gasteiger partial charge in [-0.15, -0.1) is 0 Å². The number of para-hydroxylation sites is 2. The van der Waals surface area contributed by atoms with Crippen LogP contribution in [-0.4, -0.2) is 0 Å². The molecular weight excluding hydrogens is 1400 g/mol. The number of halogens is 1. The fraction of sp³-hybridized carbons (Fsp3) is 0.0476. The molecule has 0 fully saturated rings. The Labute approximate surface area is 649 Å². The standard InChI is InChI=1S/C51H33NO.C27H17Br.C24H17NO.C2H6.CH4/c1-3-12-34(13-4-1)35-26-28-40(29-27-35)52(42-30-31-44-43-20-7-8-23-47(43)53-48(44)33-42)41-19-11-18-39(32-41)51(38-16-5-2-6-17-38)45-21-9-14-36-24-25-37-15-10-22-46(51)50(37)49(36)45;28-22-12-6-11-21(17-22)27(20-9-2-1-3-10-20)23-13-4-7-18-15-16-19-8-5-14-24(27)26(19)25(18)23;1-2-6-17(7-3-1)18-10-12-19(13-11-18)25-20-14-15-22-21-8-4-5-9-23(21)26-24(22)16-20;1-2;/h1-33H;1-17H;1-16,25H;1-2H3;1H4. The van der Waals surface area contributed by atoms with Crippen molar-refractivity contribution < 1.29 is 8.83 Å². The first-order valence-electron chi connectivity index (χ1n) is 37.5. The molecule has 0 spiro atoms. The van der Waals surface area contributed by atoms with E-state index >= 15 is 0 Å². The summed E-state index contributed by atoms with van der Waals surface area (Å²) in [5, 5.41) is 18.6. The van der Waals surface area contributed by atoms with E-state index in [1.165, 1.54) is 110 Å². The van der Waals surface area contributed by atoms with Gasteiger partial charge in [-0.1, -0.05) is 341 Å². The molecule has 1 N–H and O–H groups in total. The van der Waals surface area contributed by atoms with Crippen molar-refractivity contribution in [3.63, 3.8) is 0 Å². The summed E-state index contributed by atoms with van der Waals surface area (Å²) < 4.78 is 13.5. The Morgan fingerprint density at radius 2 is 0.600 bits per heavy atom. The summed E-state index contributed by atoms with van der Waals surface area (Å²) in [6.45, 7) is 4.00. The van der Waals surface area contributed by atoms with Gasteiger partial charge in [0.15, 0.2) is 0 Å². The number of nitrogens with zero attached hydrogens (tertiary/aromatic N) is 1. The Hall–Kier alpha value is -13.3. The van der Waals surface area contributed by atoms with Crippen molar-refractivity contribution in [2.75, 3.05) is 10.2 Å². The summed E-state index contributed by atoms with van der Waals surface area (Å²) >= 11 is 3.71. The molecule has 20 aromatic rings. The lowest BCUT2D eigenvalue weighted by Gasteiger charge is -2.35. The zero-order valence-corrected chi connectivity index (χ0v) is 61.8. The SMILES string of the molecule is Brc1cccc(C2(c3ccccc3)c3cccc4ccc5cccc2c5c34)c1.C.CC.c1ccc(-c2ccc(N(c3cccc(C4(c5ccccc5)c5cccc6ccc7cccc4c7c56)c3)c3ccc4c(c3)oc3ccccc34)cc2)cc1.c1ccc(-c2ccc(Nc3ccc4c(c3)oc3ccccc34)cc2)cc1. The minimum atomic E-state index is -0.508. The minimum Gasteiger partial charge on any atom is -0.456 e. The van der Waals surface area contributed by atoms with Crippen molar-refractivity contribution in [3.05, 3.63) is 449 Å². The van der Waals surface area contributed by atoms with Crippen molar-refractivity contribution in [2.45, 2.75) is 32.1 Å². The number of hydrogen-bond donors (Lipinski definition) is 1. The highest BCUT2D eigenvalue weighted by Crippen LogP contribution is 2.58. The summed E-state index contributed by atoms with van der Waals surface area (Å²) in [5.74, 6) is 0. The summed E-state index contributed by atoms with van der Waals surface area (Å²) in [6, 6.07) is 144. The zero-order valence-electron chi connectivity index (χ0n) is 60.2. The molecule has 0 unspecified atom stereocenters. The van der Waals surface area contributed by atoms with Crippen molar-refractivity contribution in [1.29, 1.82) is 0 Å². The normalized spacial score (nSPS) is 12.6. The van der Waals surface area contributed by atoms with Gasteiger partial charge in [0.2, 0.25) is 0 Å². The topological polar surface area (TPSA) is 41.6 Å². The maximum absolute atomic E-state index is 6.44. The average Bonchev–Trinajstić information content (AvgIpc) is 1.54. The summed E-state index contributed by atoms with van der Waals surface area (Å²) in [6.07, 6.45) is 0. The number of nitrogens with one attached hydrogen (secondary N) is 1. The lowest BCUT2D eigenvalue weighted by molar-refractivity contribution is 0.668. The smallest absolute Gasteiger partial charge is 0.137 e. The molecule has 0 bridgehead atoms. The van der Waals surface area contributed by atoms with Gasteiger partial charge in [-0.05, 0) is 195 Å². The third-order valence-electron chi connectivity index (χ3n) is 22.1. The number of furan rings is 2. The Bertz CT molecular complexity index is 6660. The third-order valence-corrected chi connectivity index (χ3v) is 22.6. The molecule has 4 nitrogen and oxygen atoms in total. The third kappa shape index (κ3) is 11.5. The molecule has 0 saturated carbocycles. The Morgan fingerprint density at radius 3 is 1.07 bits per heavy atom. The molecule has 5 heteroatoms. The molecule has 2 aliphatic carbocycles. The summed E-state index contributed by atoms with van der Waals surface area (Å²) in [5.41, 5.74) is 23.4. The molecule has 526 valence electrons. The van der Waals surface area contributed by atoms with E-state index in [4.69, 9.17) is 8.83 Å². The first-order chi connectivity index (χ1) is 53.9. The van der Waals surface area contributed by atoms with Crippen LogP contribution in [0.25, 0.3) is 109 Å². The molecule has 110 heavy (non-hydrogen) atoms. The molecule has 2 heterocycles. The van der Waals surface area contributed by atoms with Crippen LogP contribution in [0, 0.1) is 0 Å². The van der Waals surface area contributed by atoms with Crippen LogP contribution in [0.4, 0.5) is 28.4 Å². The van der Waals surface area contributed by atoms with Gasteiger partial charge in [0.25, 0.3) is 0 Å². The molecule has 2 aromatic heterocycles. The van der Waals surface area contributed by atoms with E-state index in [2.05, 4.69) is 390 Å². The van der Waals surface area contributed by atoms with Crippen molar-refractivity contribution in [1.82, 2.24) is 0 Å². The predicted octanol–water partition coefficient (Wildman–Crippen LogP) is 29.8. The quantitative estimate of drug-likeness (QED) is 0.131. The number of benzene rings is 18. The number of fused-ring (bicyclic) bond motifs is 6. The first-order valence-corrected chi connectivity index (χ1v) is 38.3. The van der Waals surface area contributed by atoms with Crippen LogP contribution in [0.2, 0.25) is 0 Å². The molecule has 0 saturated heterocycles. The van der Waals surface area contributed by atoms with Crippen LogP contribution in [-0.2, 0) is 10.8 Å². The maximum Gasteiger partial charge on any atom is 0.137 e. The van der Waals surface area contributed by atoms with E-state index in [-0.39, 0.29) is 12.8 Å². The molecule has 2 aliphatic rings. The van der Waals surface area contributed by atoms with Crippen molar-refractivity contribution in [3.8, 4) is 22.3 Å². The second-order valence-corrected chi connectivity index (χ2v) is 28.9. The minimum absolute atomic E-state index is 0. The molecule has 0 aliphatic heterocycles. The van der Waals surface area contributed by atoms with E-state index in [1.807, 2.05) is 50.2 Å². The zero-order chi connectivity index (χ0) is 73.0. The number of hydrogen-bond acceptors (Lipinski definition) is 4. The highest BCUT2D eigenvalue weighted by atomic mass is 79.9. The molecule has 0 amide bonds. The Balaban J connectivity index is 0.000000125. The largest absolute Gasteiger partial charge is 0.456 e. The van der Waals surface area contributed by atoms with Crippen LogP contribution >= 0.6 is 15.9 Å². The fourth-order valence-electron chi connectivity index (χ4n) is 17.5. The van der Waals surface area contributed by atoms with E-state index in [0.717, 1.165) is 76.8 Å². The number of anilines is 5. The van der Waals surface area contributed by atoms with E-state index in [1.54, 1.807) is 0 Å². The van der Waals surface area contributed by atoms with Gasteiger partial charge in [0, 0.05) is 66.6 Å². The Kier molecular flexibility index (Phi) is 17.9. The van der Waals surface area contributed by atoms with Gasteiger partial charge in [-0.2, -0.15) is 0 Å². The lowest BCUT2D eigenvalue weighted by Crippen LogP contribution is -2.29. The van der Waals surface area contributed by atoms with Crippen LogP contribution in [0.5, 0.6) is 0 Å².